The number of hydrogen-bond donors (Lipinski definition) is 2. The Morgan fingerprint density at radius 1 is 1.30 bits per heavy atom. The number of hydrogen-bond acceptors (Lipinski definition) is 5. The topological polar surface area (TPSA) is 84.4 Å². The van der Waals surface area contributed by atoms with Gasteiger partial charge in [-0.2, -0.15) is 0 Å². The van der Waals surface area contributed by atoms with Gasteiger partial charge in [0.25, 0.3) is 0 Å². The molecule has 1 aromatic carbocycles. The van der Waals surface area contributed by atoms with Crippen LogP contribution in [-0.2, 0) is 6.42 Å². The molecule has 1 aliphatic carbocycles. The van der Waals surface area contributed by atoms with E-state index in [-0.39, 0.29) is 11.9 Å². The van der Waals surface area contributed by atoms with E-state index in [1.165, 1.54) is 5.56 Å². The van der Waals surface area contributed by atoms with E-state index in [1.807, 2.05) is 18.2 Å². The van der Waals surface area contributed by atoms with E-state index in [0.717, 1.165) is 22.2 Å². The van der Waals surface area contributed by atoms with Gasteiger partial charge in [-0.25, -0.2) is 9.97 Å². The molecular formula is C14H13BrN4O. The fourth-order valence-electron chi connectivity index (χ4n) is 2.60. The molecule has 1 aromatic heterocycles. The van der Waals surface area contributed by atoms with E-state index < -0.39 is 0 Å². The summed E-state index contributed by atoms with van der Waals surface area (Å²) in [6.45, 7) is 0. The molecule has 1 unspecified atom stereocenters. The number of oxime groups is 1. The smallest absolute Gasteiger partial charge is 0.220 e. The molecule has 1 aliphatic rings. The summed E-state index contributed by atoms with van der Waals surface area (Å²) in [5, 5.41) is 12.6. The Bertz CT molecular complexity index is 687. The van der Waals surface area contributed by atoms with Gasteiger partial charge < -0.3 is 10.9 Å². The molecule has 2 aromatic rings. The zero-order valence-corrected chi connectivity index (χ0v) is 12.2. The fraction of sp³-hybridized carbons (Fsp3) is 0.214. The Hall–Kier alpha value is -1.95. The van der Waals surface area contributed by atoms with E-state index in [4.69, 9.17) is 5.73 Å². The average Bonchev–Trinajstić information content (AvgIpc) is 2.46. The van der Waals surface area contributed by atoms with E-state index in [2.05, 4.69) is 37.1 Å². The van der Waals surface area contributed by atoms with Gasteiger partial charge in [-0.15, -0.1) is 0 Å². The predicted octanol–water partition coefficient (Wildman–Crippen LogP) is 2.73. The van der Waals surface area contributed by atoms with Crippen LogP contribution in [0.2, 0.25) is 0 Å². The largest absolute Gasteiger partial charge is 0.411 e. The van der Waals surface area contributed by atoms with Crippen LogP contribution in [0.5, 0.6) is 0 Å². The lowest BCUT2D eigenvalue weighted by atomic mass is 9.82. The van der Waals surface area contributed by atoms with Crippen molar-refractivity contribution in [1.82, 2.24) is 9.97 Å². The summed E-state index contributed by atoms with van der Waals surface area (Å²) in [5.41, 5.74) is 9.04. The molecule has 0 spiro atoms. The number of aromatic nitrogens is 2. The lowest BCUT2D eigenvalue weighted by Crippen LogP contribution is -2.22. The van der Waals surface area contributed by atoms with Gasteiger partial charge in [0.1, 0.15) is 0 Å². The van der Waals surface area contributed by atoms with Crippen molar-refractivity contribution in [2.45, 2.75) is 18.8 Å². The first-order valence-electron chi connectivity index (χ1n) is 6.26. The number of anilines is 1. The predicted molar refractivity (Wildman–Crippen MR) is 80.0 cm³/mol. The molecular weight excluding hydrogens is 320 g/mol. The number of nitrogen functional groups attached to an aromatic ring is 1. The molecule has 0 saturated heterocycles. The number of halogens is 1. The summed E-state index contributed by atoms with van der Waals surface area (Å²) in [7, 11) is 0. The second-order valence-electron chi connectivity index (χ2n) is 4.76. The van der Waals surface area contributed by atoms with Crippen LogP contribution < -0.4 is 5.73 Å². The van der Waals surface area contributed by atoms with E-state index in [9.17, 15) is 5.21 Å². The summed E-state index contributed by atoms with van der Waals surface area (Å²) in [4.78, 5) is 8.25. The molecule has 5 nitrogen and oxygen atoms in total. The number of benzene rings is 1. The molecule has 0 bridgehead atoms. The van der Waals surface area contributed by atoms with Gasteiger partial charge in [-0.1, -0.05) is 39.3 Å². The van der Waals surface area contributed by atoms with Crippen molar-refractivity contribution in [3.05, 3.63) is 51.8 Å². The molecule has 3 N–H and O–H groups in total. The monoisotopic (exact) mass is 332 g/mol. The van der Waals surface area contributed by atoms with Crippen LogP contribution in [0.3, 0.4) is 0 Å². The first kappa shape index (κ1) is 13.1. The highest BCUT2D eigenvalue weighted by Crippen LogP contribution is 2.35. The van der Waals surface area contributed by atoms with Crippen molar-refractivity contribution in [3.63, 3.8) is 0 Å². The number of nitrogens with two attached hydrogens (primary N) is 1. The van der Waals surface area contributed by atoms with Gasteiger partial charge in [0, 0.05) is 22.7 Å². The van der Waals surface area contributed by atoms with Crippen LogP contribution in [0.15, 0.2) is 40.1 Å². The minimum atomic E-state index is 0.207. The molecule has 102 valence electrons. The summed E-state index contributed by atoms with van der Waals surface area (Å²) in [6.07, 6.45) is 3.03. The first-order chi connectivity index (χ1) is 9.69. The highest BCUT2D eigenvalue weighted by Gasteiger charge is 2.28. The number of rotatable bonds is 1. The van der Waals surface area contributed by atoms with Crippen molar-refractivity contribution >= 4 is 27.6 Å². The molecule has 0 saturated carbocycles. The first-order valence-corrected chi connectivity index (χ1v) is 7.05. The SMILES string of the molecule is Nc1ncc2c(n1)CC(c1ccccc1Br)C/C2=N/O. The van der Waals surface area contributed by atoms with Crippen LogP contribution in [-0.4, -0.2) is 20.9 Å². The minimum Gasteiger partial charge on any atom is -0.411 e. The Morgan fingerprint density at radius 2 is 2.10 bits per heavy atom. The quantitative estimate of drug-likeness (QED) is 0.621. The van der Waals surface area contributed by atoms with Gasteiger partial charge in [0.15, 0.2) is 0 Å². The van der Waals surface area contributed by atoms with Crippen LogP contribution in [0.25, 0.3) is 0 Å². The molecule has 1 atom stereocenters. The van der Waals surface area contributed by atoms with Crippen LogP contribution in [0.1, 0.15) is 29.2 Å². The van der Waals surface area contributed by atoms with Gasteiger partial charge >= 0.3 is 0 Å². The molecule has 0 fully saturated rings. The molecule has 0 amide bonds. The summed E-state index contributed by atoms with van der Waals surface area (Å²) in [6, 6.07) is 8.06. The van der Waals surface area contributed by atoms with Crippen molar-refractivity contribution in [3.8, 4) is 0 Å². The van der Waals surface area contributed by atoms with E-state index >= 15 is 0 Å². The lowest BCUT2D eigenvalue weighted by molar-refractivity contribution is 0.316. The highest BCUT2D eigenvalue weighted by molar-refractivity contribution is 9.10. The van der Waals surface area contributed by atoms with Crippen LogP contribution in [0.4, 0.5) is 5.95 Å². The van der Waals surface area contributed by atoms with Crippen molar-refractivity contribution < 1.29 is 5.21 Å². The normalized spacial score (nSPS) is 19.9. The third-order valence-electron chi connectivity index (χ3n) is 3.54. The molecule has 6 heteroatoms. The van der Waals surface area contributed by atoms with Gasteiger partial charge in [-0.3, -0.25) is 0 Å². The average molecular weight is 333 g/mol. The van der Waals surface area contributed by atoms with Crippen molar-refractivity contribution in [2.75, 3.05) is 5.73 Å². The summed E-state index contributed by atoms with van der Waals surface area (Å²) < 4.78 is 1.05. The van der Waals surface area contributed by atoms with Crippen molar-refractivity contribution in [2.24, 2.45) is 5.16 Å². The maximum absolute atomic E-state index is 9.23. The summed E-state index contributed by atoms with van der Waals surface area (Å²) >= 11 is 3.57. The highest BCUT2D eigenvalue weighted by atomic mass is 79.9. The molecule has 20 heavy (non-hydrogen) atoms. The molecule has 1 heterocycles. The summed E-state index contributed by atoms with van der Waals surface area (Å²) in [5.74, 6) is 0.451. The zero-order valence-electron chi connectivity index (χ0n) is 10.6. The van der Waals surface area contributed by atoms with Gasteiger partial charge in [-0.05, 0) is 24.0 Å². The Kier molecular flexibility index (Phi) is 3.40. The Balaban J connectivity index is 2.05. The second kappa shape index (κ2) is 5.20. The van der Waals surface area contributed by atoms with Crippen molar-refractivity contribution in [1.29, 1.82) is 0 Å². The number of fused-ring (bicyclic) bond motifs is 1. The van der Waals surface area contributed by atoms with Gasteiger partial charge in [0.05, 0.1) is 11.4 Å². The zero-order chi connectivity index (χ0) is 14.1. The van der Waals surface area contributed by atoms with Crippen LogP contribution in [0, 0.1) is 0 Å². The molecule has 3 rings (SSSR count). The number of nitrogens with zero attached hydrogens (tertiary/aromatic N) is 3. The van der Waals surface area contributed by atoms with Crippen LogP contribution >= 0.6 is 15.9 Å². The van der Waals surface area contributed by atoms with E-state index in [1.54, 1.807) is 6.20 Å². The maximum atomic E-state index is 9.23. The van der Waals surface area contributed by atoms with E-state index in [0.29, 0.717) is 12.1 Å². The van der Waals surface area contributed by atoms with Gasteiger partial charge in [0.2, 0.25) is 5.95 Å². The Morgan fingerprint density at radius 3 is 2.85 bits per heavy atom. The second-order valence-corrected chi connectivity index (χ2v) is 5.62. The lowest BCUT2D eigenvalue weighted by Gasteiger charge is -2.25. The molecule has 0 radical (unpaired) electrons. The fourth-order valence-corrected chi connectivity index (χ4v) is 3.21. The third-order valence-corrected chi connectivity index (χ3v) is 4.26. The third kappa shape index (κ3) is 2.27. The Labute approximate surface area is 124 Å². The molecule has 0 aliphatic heterocycles. The standard InChI is InChI=1S/C14H13BrN4O/c15-11-4-2-1-3-9(11)8-5-12-10(13(6-8)19-20)7-17-14(16)18-12/h1-4,7-8,20H,5-6H2,(H2,16,17,18)/b19-13-. The minimum absolute atomic E-state index is 0.207. The maximum Gasteiger partial charge on any atom is 0.220 e.